The Morgan fingerprint density at radius 1 is 1.25 bits per heavy atom. The first-order valence-corrected chi connectivity index (χ1v) is 8.09. The van der Waals surface area contributed by atoms with E-state index in [1.165, 1.54) is 35.0 Å². The first-order chi connectivity index (χ1) is 9.48. The Bertz CT molecular complexity index is 455. The van der Waals surface area contributed by atoms with Gasteiger partial charge >= 0.3 is 0 Å². The van der Waals surface area contributed by atoms with Crippen LogP contribution in [0.25, 0.3) is 0 Å². The molecule has 0 aromatic heterocycles. The molecule has 1 aliphatic carbocycles. The third-order valence-electron chi connectivity index (χ3n) is 4.57. The van der Waals surface area contributed by atoms with Gasteiger partial charge in [-0.15, -0.1) is 0 Å². The molecule has 0 aliphatic heterocycles. The Balaban J connectivity index is 2.11. The van der Waals surface area contributed by atoms with Crippen LogP contribution in [-0.4, -0.2) is 45.2 Å². The Morgan fingerprint density at radius 2 is 1.95 bits per heavy atom. The second-order valence-corrected chi connectivity index (χ2v) is 7.00. The van der Waals surface area contributed by atoms with Crippen LogP contribution in [0.1, 0.15) is 24.8 Å². The third kappa shape index (κ3) is 3.18. The molecule has 0 heterocycles. The molecule has 4 heteroatoms. The maximum atomic E-state index is 3.72. The molecular formula is C16H26BrN3. The van der Waals surface area contributed by atoms with Gasteiger partial charge in [-0.2, -0.15) is 0 Å². The highest BCUT2D eigenvalue weighted by atomic mass is 79.9. The summed E-state index contributed by atoms with van der Waals surface area (Å²) in [5.41, 5.74) is 2.94. The zero-order valence-corrected chi connectivity index (χ0v) is 14.6. The lowest BCUT2D eigenvalue weighted by Gasteiger charge is -2.49. The molecule has 1 N–H and O–H groups in total. The van der Waals surface area contributed by atoms with Gasteiger partial charge in [0.2, 0.25) is 0 Å². The van der Waals surface area contributed by atoms with E-state index < -0.39 is 0 Å². The number of nitrogens with zero attached hydrogens (tertiary/aromatic N) is 2. The highest BCUT2D eigenvalue weighted by Gasteiger charge is 2.40. The van der Waals surface area contributed by atoms with E-state index in [-0.39, 0.29) is 0 Å². The van der Waals surface area contributed by atoms with E-state index in [2.05, 4.69) is 70.4 Å². The van der Waals surface area contributed by atoms with Gasteiger partial charge in [0.15, 0.2) is 0 Å². The molecule has 1 fully saturated rings. The van der Waals surface area contributed by atoms with Gasteiger partial charge in [-0.1, -0.05) is 6.07 Å². The SMILES string of the molecule is CNCc1ccc(N(C)CC2(N(C)C)CCC2)c(Br)c1. The van der Waals surface area contributed by atoms with Gasteiger partial charge in [0.1, 0.15) is 0 Å². The minimum atomic E-state index is 0.359. The van der Waals surface area contributed by atoms with Crippen LogP contribution < -0.4 is 10.2 Å². The predicted octanol–water partition coefficient (Wildman–Crippen LogP) is 3.09. The molecule has 0 bridgehead atoms. The average molecular weight is 340 g/mol. The lowest BCUT2D eigenvalue weighted by Crippen LogP contribution is -2.56. The van der Waals surface area contributed by atoms with Crippen LogP contribution in [0.2, 0.25) is 0 Å². The number of anilines is 1. The molecule has 2 rings (SSSR count). The normalized spacial score (nSPS) is 17.1. The van der Waals surface area contributed by atoms with Crippen LogP contribution in [0.15, 0.2) is 22.7 Å². The zero-order valence-electron chi connectivity index (χ0n) is 13.0. The first kappa shape index (κ1) is 15.8. The zero-order chi connectivity index (χ0) is 14.8. The molecule has 112 valence electrons. The number of halogens is 1. The van der Waals surface area contributed by atoms with Crippen LogP contribution >= 0.6 is 15.9 Å². The summed E-state index contributed by atoms with van der Waals surface area (Å²) in [7, 11) is 8.59. The first-order valence-electron chi connectivity index (χ1n) is 7.30. The molecule has 0 saturated heterocycles. The van der Waals surface area contributed by atoms with Crippen molar-refractivity contribution in [1.29, 1.82) is 0 Å². The second-order valence-electron chi connectivity index (χ2n) is 6.14. The summed E-state index contributed by atoms with van der Waals surface area (Å²) in [6.07, 6.45) is 3.97. The van der Waals surface area contributed by atoms with Gasteiger partial charge < -0.3 is 15.1 Å². The van der Waals surface area contributed by atoms with Crippen LogP contribution in [-0.2, 0) is 6.54 Å². The van der Waals surface area contributed by atoms with Crippen molar-refractivity contribution in [2.24, 2.45) is 0 Å². The lowest BCUT2D eigenvalue weighted by atomic mass is 9.75. The summed E-state index contributed by atoms with van der Waals surface area (Å²) in [5, 5.41) is 3.19. The summed E-state index contributed by atoms with van der Waals surface area (Å²) in [5.74, 6) is 0. The van der Waals surface area contributed by atoms with E-state index in [1.54, 1.807) is 0 Å². The van der Waals surface area contributed by atoms with Crippen LogP contribution in [0.3, 0.4) is 0 Å². The number of nitrogens with one attached hydrogen (secondary N) is 1. The van der Waals surface area contributed by atoms with Gasteiger partial charge in [0.25, 0.3) is 0 Å². The quantitative estimate of drug-likeness (QED) is 0.859. The van der Waals surface area contributed by atoms with Crippen LogP contribution in [0, 0.1) is 0 Å². The molecule has 0 spiro atoms. The summed E-state index contributed by atoms with van der Waals surface area (Å²) < 4.78 is 1.18. The fourth-order valence-corrected chi connectivity index (χ4v) is 3.76. The van der Waals surface area contributed by atoms with Crippen molar-refractivity contribution in [1.82, 2.24) is 10.2 Å². The van der Waals surface area contributed by atoms with Gasteiger partial charge in [-0.05, 0) is 74.0 Å². The Hall–Kier alpha value is -0.580. The molecule has 20 heavy (non-hydrogen) atoms. The molecule has 0 radical (unpaired) electrons. The van der Waals surface area contributed by atoms with Gasteiger partial charge in [-0.25, -0.2) is 0 Å². The highest BCUT2D eigenvalue weighted by molar-refractivity contribution is 9.10. The van der Waals surface area contributed by atoms with Crippen molar-refractivity contribution in [3.63, 3.8) is 0 Å². The van der Waals surface area contributed by atoms with Crippen molar-refractivity contribution in [3.8, 4) is 0 Å². The number of hydrogen-bond acceptors (Lipinski definition) is 3. The fraction of sp³-hybridized carbons (Fsp3) is 0.625. The van der Waals surface area contributed by atoms with Gasteiger partial charge in [0, 0.05) is 30.1 Å². The maximum absolute atomic E-state index is 3.72. The van der Waals surface area contributed by atoms with E-state index in [0.717, 1.165) is 13.1 Å². The van der Waals surface area contributed by atoms with Crippen molar-refractivity contribution < 1.29 is 0 Å². The van der Waals surface area contributed by atoms with E-state index in [1.807, 2.05) is 7.05 Å². The molecule has 1 saturated carbocycles. The van der Waals surface area contributed by atoms with E-state index in [9.17, 15) is 0 Å². The van der Waals surface area contributed by atoms with Crippen LogP contribution in [0.4, 0.5) is 5.69 Å². The Labute approximate surface area is 131 Å². The highest BCUT2D eigenvalue weighted by Crippen LogP contribution is 2.38. The predicted molar refractivity (Wildman–Crippen MR) is 90.4 cm³/mol. The number of hydrogen-bond donors (Lipinski definition) is 1. The third-order valence-corrected chi connectivity index (χ3v) is 5.20. The van der Waals surface area contributed by atoms with Crippen molar-refractivity contribution >= 4 is 21.6 Å². The summed E-state index contributed by atoms with van der Waals surface area (Å²) in [4.78, 5) is 4.78. The van der Waals surface area contributed by atoms with E-state index in [0.29, 0.717) is 5.54 Å². The van der Waals surface area contributed by atoms with Gasteiger partial charge in [0.05, 0.1) is 5.69 Å². The second kappa shape index (κ2) is 6.46. The molecule has 3 nitrogen and oxygen atoms in total. The van der Waals surface area contributed by atoms with Crippen molar-refractivity contribution in [2.75, 3.05) is 39.6 Å². The van der Waals surface area contributed by atoms with E-state index >= 15 is 0 Å². The lowest BCUT2D eigenvalue weighted by molar-refractivity contribution is 0.0683. The monoisotopic (exact) mass is 339 g/mol. The van der Waals surface area contributed by atoms with Gasteiger partial charge in [-0.3, -0.25) is 0 Å². The molecule has 0 amide bonds. The Kier molecular flexibility index (Phi) is 5.10. The standard InChI is InChI=1S/C16H26BrN3/c1-18-11-13-6-7-15(14(17)10-13)20(4)12-16(19(2)3)8-5-9-16/h6-7,10,18H,5,8-9,11-12H2,1-4H3. The molecule has 0 unspecified atom stereocenters. The van der Waals surface area contributed by atoms with Crippen molar-refractivity contribution in [3.05, 3.63) is 28.2 Å². The maximum Gasteiger partial charge on any atom is 0.0508 e. The molecular weight excluding hydrogens is 314 g/mol. The fourth-order valence-electron chi connectivity index (χ4n) is 3.03. The number of rotatable bonds is 6. The summed E-state index contributed by atoms with van der Waals surface area (Å²) >= 11 is 3.72. The average Bonchev–Trinajstić information content (AvgIpc) is 2.33. The largest absolute Gasteiger partial charge is 0.372 e. The summed E-state index contributed by atoms with van der Waals surface area (Å²) in [6.45, 7) is 1.99. The molecule has 0 atom stereocenters. The minimum Gasteiger partial charge on any atom is -0.372 e. The number of benzene rings is 1. The number of likely N-dealkylation sites (N-methyl/N-ethyl adjacent to an activating group) is 2. The minimum absolute atomic E-state index is 0.359. The Morgan fingerprint density at radius 3 is 2.40 bits per heavy atom. The van der Waals surface area contributed by atoms with E-state index in [4.69, 9.17) is 0 Å². The topological polar surface area (TPSA) is 18.5 Å². The summed E-state index contributed by atoms with van der Waals surface area (Å²) in [6, 6.07) is 6.64. The molecule has 1 aromatic carbocycles. The smallest absolute Gasteiger partial charge is 0.0508 e. The van der Waals surface area contributed by atoms with Crippen LogP contribution in [0.5, 0.6) is 0 Å². The molecule has 1 aromatic rings. The molecule has 1 aliphatic rings. The van der Waals surface area contributed by atoms with Crippen molar-refractivity contribution in [2.45, 2.75) is 31.3 Å².